The predicted octanol–water partition coefficient (Wildman–Crippen LogP) is 2.87. The quantitative estimate of drug-likeness (QED) is 0.796. The van der Waals surface area contributed by atoms with Crippen molar-refractivity contribution in [3.05, 3.63) is 59.7 Å². The Morgan fingerprint density at radius 2 is 1.81 bits per heavy atom. The molecule has 82 valence electrons. The Balaban J connectivity index is 2.27. The van der Waals surface area contributed by atoms with Crippen molar-refractivity contribution < 1.29 is 4.74 Å². The Hall–Kier alpha value is -1.96. The van der Waals surface area contributed by atoms with Crippen LogP contribution in [-0.4, -0.2) is 7.11 Å². The minimum absolute atomic E-state index is 0.810. The van der Waals surface area contributed by atoms with Crippen LogP contribution in [0.5, 0.6) is 5.75 Å². The van der Waals surface area contributed by atoms with Crippen molar-refractivity contribution in [2.24, 2.45) is 0 Å². The van der Waals surface area contributed by atoms with E-state index in [1.807, 2.05) is 36.4 Å². The summed E-state index contributed by atoms with van der Waals surface area (Å²) in [6, 6.07) is 16.0. The third-order valence-corrected chi connectivity index (χ3v) is 2.59. The molecule has 0 aliphatic heterocycles. The second-order valence-corrected chi connectivity index (χ2v) is 3.73. The highest BCUT2D eigenvalue weighted by molar-refractivity contribution is 5.52. The van der Waals surface area contributed by atoms with Gasteiger partial charge in [0.15, 0.2) is 0 Å². The van der Waals surface area contributed by atoms with E-state index in [0.717, 1.165) is 23.4 Å². The third kappa shape index (κ3) is 2.34. The zero-order valence-corrected chi connectivity index (χ0v) is 9.31. The van der Waals surface area contributed by atoms with Gasteiger partial charge in [-0.15, -0.1) is 0 Å². The smallest absolute Gasteiger partial charge is 0.119 e. The van der Waals surface area contributed by atoms with Gasteiger partial charge in [0, 0.05) is 5.69 Å². The summed E-state index contributed by atoms with van der Waals surface area (Å²) in [5.74, 6) is 0.847. The molecule has 0 bridgehead atoms. The molecule has 2 nitrogen and oxygen atoms in total. The van der Waals surface area contributed by atoms with Crippen LogP contribution in [0.3, 0.4) is 0 Å². The molecule has 0 radical (unpaired) electrons. The molecule has 16 heavy (non-hydrogen) atoms. The number of anilines is 1. The van der Waals surface area contributed by atoms with Crippen molar-refractivity contribution in [1.82, 2.24) is 0 Å². The van der Waals surface area contributed by atoms with E-state index in [1.54, 1.807) is 7.11 Å². The van der Waals surface area contributed by atoms with Crippen LogP contribution in [0.25, 0.3) is 0 Å². The van der Waals surface area contributed by atoms with E-state index in [2.05, 4.69) is 12.1 Å². The molecule has 0 heterocycles. The topological polar surface area (TPSA) is 35.2 Å². The molecule has 0 saturated heterocycles. The van der Waals surface area contributed by atoms with Crippen LogP contribution in [0.15, 0.2) is 48.5 Å². The van der Waals surface area contributed by atoms with Gasteiger partial charge in [-0.3, -0.25) is 0 Å². The Morgan fingerprint density at radius 3 is 2.50 bits per heavy atom. The van der Waals surface area contributed by atoms with Crippen LogP contribution in [0, 0.1) is 0 Å². The van der Waals surface area contributed by atoms with Gasteiger partial charge < -0.3 is 10.5 Å². The average molecular weight is 213 g/mol. The second kappa shape index (κ2) is 4.71. The Morgan fingerprint density at radius 1 is 1.06 bits per heavy atom. The maximum absolute atomic E-state index is 5.94. The maximum Gasteiger partial charge on any atom is 0.119 e. The van der Waals surface area contributed by atoms with Gasteiger partial charge in [-0.2, -0.15) is 0 Å². The lowest BCUT2D eigenvalue weighted by atomic mass is 10.0. The van der Waals surface area contributed by atoms with E-state index in [4.69, 9.17) is 10.5 Å². The lowest BCUT2D eigenvalue weighted by Gasteiger charge is -2.08. The standard InChI is InChI=1S/C14H15NO/c1-16-13-7-8-14(15)12(10-13)9-11-5-3-2-4-6-11/h2-8,10H,9,15H2,1H3. The summed E-state index contributed by atoms with van der Waals surface area (Å²) in [5, 5.41) is 0. The molecular weight excluding hydrogens is 198 g/mol. The van der Waals surface area contributed by atoms with Gasteiger partial charge in [0.2, 0.25) is 0 Å². The number of hydrogen-bond acceptors (Lipinski definition) is 2. The average Bonchev–Trinajstić information content (AvgIpc) is 2.33. The van der Waals surface area contributed by atoms with E-state index < -0.39 is 0 Å². The molecule has 2 aromatic rings. The largest absolute Gasteiger partial charge is 0.497 e. The number of nitrogens with two attached hydrogens (primary N) is 1. The molecule has 0 amide bonds. The summed E-state index contributed by atoms with van der Waals surface area (Å²) in [6.07, 6.45) is 0.837. The van der Waals surface area contributed by atoms with E-state index in [1.165, 1.54) is 5.56 Å². The summed E-state index contributed by atoms with van der Waals surface area (Å²) in [5.41, 5.74) is 9.10. The number of ether oxygens (including phenoxy) is 1. The number of methoxy groups -OCH3 is 1. The minimum Gasteiger partial charge on any atom is -0.497 e. The van der Waals surface area contributed by atoms with Gasteiger partial charge in [-0.25, -0.2) is 0 Å². The molecule has 0 atom stereocenters. The minimum atomic E-state index is 0.810. The highest BCUT2D eigenvalue weighted by atomic mass is 16.5. The van der Waals surface area contributed by atoms with Crippen LogP contribution >= 0.6 is 0 Å². The number of rotatable bonds is 3. The molecule has 0 spiro atoms. The van der Waals surface area contributed by atoms with Crippen molar-refractivity contribution in [1.29, 1.82) is 0 Å². The first-order chi connectivity index (χ1) is 7.79. The molecule has 0 aliphatic carbocycles. The summed E-state index contributed by atoms with van der Waals surface area (Å²) < 4.78 is 5.19. The molecule has 2 rings (SSSR count). The lowest BCUT2D eigenvalue weighted by molar-refractivity contribution is 0.414. The summed E-state index contributed by atoms with van der Waals surface area (Å²) in [6.45, 7) is 0. The first-order valence-corrected chi connectivity index (χ1v) is 5.26. The van der Waals surface area contributed by atoms with Gasteiger partial charge >= 0.3 is 0 Å². The van der Waals surface area contributed by atoms with Crippen LogP contribution in [0.4, 0.5) is 5.69 Å². The Labute approximate surface area is 95.7 Å². The summed E-state index contributed by atoms with van der Waals surface area (Å²) in [4.78, 5) is 0. The molecule has 0 fully saturated rings. The SMILES string of the molecule is COc1ccc(N)c(Cc2ccccc2)c1. The van der Waals surface area contributed by atoms with Gasteiger partial charge in [-0.1, -0.05) is 30.3 Å². The number of benzene rings is 2. The van der Waals surface area contributed by atoms with E-state index in [9.17, 15) is 0 Å². The van der Waals surface area contributed by atoms with Crippen LogP contribution in [0.1, 0.15) is 11.1 Å². The van der Waals surface area contributed by atoms with Crippen molar-refractivity contribution in [2.75, 3.05) is 12.8 Å². The molecular formula is C14H15NO. The molecule has 2 heteroatoms. The molecule has 0 unspecified atom stereocenters. The highest BCUT2D eigenvalue weighted by Gasteiger charge is 2.02. The monoisotopic (exact) mass is 213 g/mol. The van der Waals surface area contributed by atoms with E-state index in [-0.39, 0.29) is 0 Å². The first kappa shape index (κ1) is 10.6. The third-order valence-electron chi connectivity index (χ3n) is 2.59. The predicted molar refractivity (Wildman–Crippen MR) is 66.7 cm³/mol. The second-order valence-electron chi connectivity index (χ2n) is 3.73. The number of hydrogen-bond donors (Lipinski definition) is 1. The Bertz CT molecular complexity index is 465. The van der Waals surface area contributed by atoms with E-state index >= 15 is 0 Å². The first-order valence-electron chi connectivity index (χ1n) is 5.26. The zero-order chi connectivity index (χ0) is 11.4. The van der Waals surface area contributed by atoms with E-state index in [0.29, 0.717) is 0 Å². The van der Waals surface area contributed by atoms with Gasteiger partial charge in [0.25, 0.3) is 0 Å². The summed E-state index contributed by atoms with van der Waals surface area (Å²) in [7, 11) is 1.66. The Kier molecular flexibility index (Phi) is 3.10. The molecule has 0 aromatic heterocycles. The van der Waals surface area contributed by atoms with Crippen molar-refractivity contribution >= 4 is 5.69 Å². The fourth-order valence-corrected chi connectivity index (χ4v) is 1.68. The lowest BCUT2D eigenvalue weighted by Crippen LogP contribution is -1.96. The zero-order valence-electron chi connectivity index (χ0n) is 9.31. The fourth-order valence-electron chi connectivity index (χ4n) is 1.68. The molecule has 0 aliphatic rings. The van der Waals surface area contributed by atoms with Crippen molar-refractivity contribution in [2.45, 2.75) is 6.42 Å². The van der Waals surface area contributed by atoms with Crippen LogP contribution < -0.4 is 10.5 Å². The van der Waals surface area contributed by atoms with Crippen molar-refractivity contribution in [3.63, 3.8) is 0 Å². The van der Waals surface area contributed by atoms with Gasteiger partial charge in [0.05, 0.1) is 7.11 Å². The van der Waals surface area contributed by atoms with Crippen molar-refractivity contribution in [3.8, 4) is 5.75 Å². The normalized spacial score (nSPS) is 10.1. The van der Waals surface area contributed by atoms with Gasteiger partial charge in [0.1, 0.15) is 5.75 Å². The molecule has 0 saturated carbocycles. The van der Waals surface area contributed by atoms with Crippen LogP contribution in [0.2, 0.25) is 0 Å². The number of nitrogen functional groups attached to an aromatic ring is 1. The molecule has 2 aromatic carbocycles. The van der Waals surface area contributed by atoms with Gasteiger partial charge in [-0.05, 0) is 35.7 Å². The maximum atomic E-state index is 5.94. The highest BCUT2D eigenvalue weighted by Crippen LogP contribution is 2.22. The van der Waals surface area contributed by atoms with Crippen LogP contribution in [-0.2, 0) is 6.42 Å². The fraction of sp³-hybridized carbons (Fsp3) is 0.143. The summed E-state index contributed by atoms with van der Waals surface area (Å²) >= 11 is 0. The molecule has 2 N–H and O–H groups in total.